The van der Waals surface area contributed by atoms with Gasteiger partial charge in [0.2, 0.25) is 0 Å². The second-order valence-electron chi connectivity index (χ2n) is 5.40. The average molecular weight is 360 g/mol. The van der Waals surface area contributed by atoms with E-state index in [9.17, 15) is 18.4 Å². The molecule has 23 heavy (non-hydrogen) atoms. The third kappa shape index (κ3) is 2.91. The van der Waals surface area contributed by atoms with Crippen LogP contribution >= 0.6 is 23.2 Å². The van der Waals surface area contributed by atoms with Gasteiger partial charge in [0.25, 0.3) is 0 Å². The molecule has 1 aromatic heterocycles. The molecule has 8 heteroatoms. The number of halogens is 5. The fourth-order valence-corrected chi connectivity index (χ4v) is 3.21. The molecule has 0 N–H and O–H groups in total. The lowest BCUT2D eigenvalue weighted by molar-refractivity contribution is -0.137. The molecule has 3 rings (SSSR count). The predicted octanol–water partition coefficient (Wildman–Crippen LogP) is 5.34. The van der Waals surface area contributed by atoms with Gasteiger partial charge in [0.05, 0.1) is 15.6 Å². The summed E-state index contributed by atoms with van der Waals surface area (Å²) in [5.41, 5.74) is 0.249. The molecule has 0 unspecified atom stereocenters. The third-order valence-corrected chi connectivity index (χ3v) is 4.54. The Morgan fingerprint density at radius 1 is 1.22 bits per heavy atom. The maximum absolute atomic E-state index is 12.8. The first-order valence-electron chi connectivity index (χ1n) is 6.87. The largest absolute Gasteiger partial charge is 0.416 e. The average Bonchev–Trinajstić information content (AvgIpc) is 2.78. The number of nitrogens with zero attached hydrogens (tertiary/aromatic N) is 3. The van der Waals surface area contributed by atoms with Crippen molar-refractivity contribution >= 4 is 23.2 Å². The Bertz CT molecular complexity index is 778. The molecular weight excluding hydrogens is 350 g/mol. The van der Waals surface area contributed by atoms with Crippen LogP contribution < -0.4 is 0 Å². The highest BCUT2D eigenvalue weighted by Crippen LogP contribution is 2.40. The molecule has 1 aliphatic rings. The van der Waals surface area contributed by atoms with Gasteiger partial charge in [0.15, 0.2) is 5.69 Å². The van der Waals surface area contributed by atoms with Crippen molar-refractivity contribution in [1.82, 2.24) is 9.78 Å². The minimum absolute atomic E-state index is 0.142. The fourth-order valence-electron chi connectivity index (χ4n) is 2.55. The Labute approximate surface area is 140 Å². The molecule has 1 aliphatic carbocycles. The maximum atomic E-state index is 12.8. The minimum atomic E-state index is -4.54. The van der Waals surface area contributed by atoms with Gasteiger partial charge in [-0.1, -0.05) is 29.6 Å². The van der Waals surface area contributed by atoms with Crippen LogP contribution in [-0.2, 0) is 6.18 Å². The van der Waals surface area contributed by atoms with Gasteiger partial charge in [-0.2, -0.15) is 23.5 Å². The number of aromatic nitrogens is 2. The SMILES string of the molecule is N#Cc1nn(-c2c(Cl)cc(C(F)(F)F)cc2Cl)cc1C1CCC1. The topological polar surface area (TPSA) is 41.6 Å². The van der Waals surface area contributed by atoms with E-state index in [1.807, 2.05) is 6.07 Å². The van der Waals surface area contributed by atoms with Gasteiger partial charge in [0, 0.05) is 11.8 Å². The van der Waals surface area contributed by atoms with Crippen LogP contribution in [-0.4, -0.2) is 9.78 Å². The molecule has 0 bridgehead atoms. The predicted molar refractivity (Wildman–Crippen MR) is 79.9 cm³/mol. The van der Waals surface area contributed by atoms with Gasteiger partial charge in [-0.3, -0.25) is 0 Å². The van der Waals surface area contributed by atoms with E-state index in [0.29, 0.717) is 0 Å². The van der Waals surface area contributed by atoms with Crippen LogP contribution in [0.3, 0.4) is 0 Å². The number of benzene rings is 1. The van der Waals surface area contributed by atoms with E-state index in [1.165, 1.54) is 4.68 Å². The molecule has 1 fully saturated rings. The summed E-state index contributed by atoms with van der Waals surface area (Å²) in [5, 5.41) is 13.0. The molecule has 1 saturated carbocycles. The Hall–Kier alpha value is -1.71. The van der Waals surface area contributed by atoms with Crippen molar-refractivity contribution in [2.24, 2.45) is 0 Å². The highest BCUT2D eigenvalue weighted by atomic mass is 35.5. The lowest BCUT2D eigenvalue weighted by atomic mass is 9.80. The van der Waals surface area contributed by atoms with E-state index in [2.05, 4.69) is 5.10 Å². The molecule has 0 radical (unpaired) electrons. The number of nitriles is 1. The second kappa shape index (κ2) is 5.73. The zero-order valence-electron chi connectivity index (χ0n) is 11.7. The molecule has 3 nitrogen and oxygen atoms in total. The van der Waals surface area contributed by atoms with Crippen molar-refractivity contribution < 1.29 is 13.2 Å². The standard InChI is InChI=1S/C15H10Cl2F3N3/c16-11-4-9(15(18,19)20)5-12(17)14(11)23-7-10(8-2-1-3-8)13(6-21)22-23/h4-5,7-8H,1-3H2. The first-order chi connectivity index (χ1) is 10.8. The van der Waals surface area contributed by atoms with Gasteiger partial charge in [-0.15, -0.1) is 0 Å². The van der Waals surface area contributed by atoms with Crippen LogP contribution in [0.25, 0.3) is 5.69 Å². The van der Waals surface area contributed by atoms with Gasteiger partial charge < -0.3 is 0 Å². The van der Waals surface area contributed by atoms with E-state index < -0.39 is 11.7 Å². The van der Waals surface area contributed by atoms with Gasteiger partial charge in [-0.05, 0) is 30.9 Å². The molecule has 2 aromatic rings. The van der Waals surface area contributed by atoms with E-state index in [4.69, 9.17) is 23.2 Å². The molecule has 0 atom stereocenters. The van der Waals surface area contributed by atoms with Gasteiger partial charge in [-0.25, -0.2) is 4.68 Å². The first kappa shape index (κ1) is 16.2. The molecule has 0 amide bonds. The third-order valence-electron chi connectivity index (χ3n) is 3.97. The lowest BCUT2D eigenvalue weighted by Crippen LogP contribution is -2.09. The summed E-state index contributed by atoms with van der Waals surface area (Å²) in [4.78, 5) is 0. The smallest absolute Gasteiger partial charge is 0.236 e. The summed E-state index contributed by atoms with van der Waals surface area (Å²) in [5.74, 6) is 0.255. The summed E-state index contributed by atoms with van der Waals surface area (Å²) < 4.78 is 39.6. The maximum Gasteiger partial charge on any atom is 0.416 e. The molecule has 120 valence electrons. The fraction of sp³-hybridized carbons (Fsp3) is 0.333. The van der Waals surface area contributed by atoms with E-state index >= 15 is 0 Å². The highest BCUT2D eigenvalue weighted by Gasteiger charge is 2.32. The molecule has 1 heterocycles. The summed E-state index contributed by atoms with van der Waals surface area (Å²) in [6, 6.07) is 3.62. The van der Waals surface area contributed by atoms with Crippen molar-refractivity contribution in [3.8, 4) is 11.8 Å². The van der Waals surface area contributed by atoms with Crippen LogP contribution in [0.2, 0.25) is 10.0 Å². The Morgan fingerprint density at radius 2 is 1.83 bits per heavy atom. The Balaban J connectivity index is 2.09. The molecule has 1 aromatic carbocycles. The van der Waals surface area contributed by atoms with Crippen LogP contribution in [0.1, 0.15) is 42.0 Å². The van der Waals surface area contributed by atoms with E-state index in [0.717, 1.165) is 37.0 Å². The molecule has 0 saturated heterocycles. The van der Waals surface area contributed by atoms with Crippen molar-refractivity contribution in [2.75, 3.05) is 0 Å². The monoisotopic (exact) mass is 359 g/mol. The molecular formula is C15H10Cl2F3N3. The molecule has 0 aliphatic heterocycles. The van der Waals surface area contributed by atoms with Crippen LogP contribution in [0.15, 0.2) is 18.3 Å². The van der Waals surface area contributed by atoms with Crippen LogP contribution in [0.4, 0.5) is 13.2 Å². The first-order valence-corrected chi connectivity index (χ1v) is 7.63. The summed E-state index contributed by atoms with van der Waals surface area (Å²) in [6.07, 6.45) is 0.111. The highest BCUT2D eigenvalue weighted by molar-refractivity contribution is 6.37. The van der Waals surface area contributed by atoms with Crippen molar-refractivity contribution in [2.45, 2.75) is 31.4 Å². The van der Waals surface area contributed by atoms with Gasteiger partial charge in [0.1, 0.15) is 11.8 Å². The lowest BCUT2D eigenvalue weighted by Gasteiger charge is -2.24. The summed E-state index contributed by atoms with van der Waals surface area (Å²) >= 11 is 12.0. The van der Waals surface area contributed by atoms with Crippen LogP contribution in [0, 0.1) is 11.3 Å². The summed E-state index contributed by atoms with van der Waals surface area (Å²) in [6.45, 7) is 0. The Kier molecular flexibility index (Phi) is 4.03. The number of hydrogen-bond acceptors (Lipinski definition) is 2. The number of rotatable bonds is 2. The quantitative estimate of drug-likeness (QED) is 0.726. The number of alkyl halides is 3. The second-order valence-corrected chi connectivity index (χ2v) is 6.22. The number of hydrogen-bond donors (Lipinski definition) is 0. The van der Waals surface area contributed by atoms with Crippen molar-refractivity contribution in [3.63, 3.8) is 0 Å². The minimum Gasteiger partial charge on any atom is -0.236 e. The summed E-state index contributed by atoms with van der Waals surface area (Å²) in [7, 11) is 0. The van der Waals surface area contributed by atoms with Crippen molar-refractivity contribution in [3.05, 3.63) is 45.2 Å². The molecule has 0 spiro atoms. The Morgan fingerprint density at radius 3 is 2.26 bits per heavy atom. The van der Waals surface area contributed by atoms with E-state index in [-0.39, 0.29) is 27.3 Å². The van der Waals surface area contributed by atoms with Crippen molar-refractivity contribution in [1.29, 1.82) is 5.26 Å². The zero-order chi connectivity index (χ0) is 16.8. The van der Waals surface area contributed by atoms with E-state index in [1.54, 1.807) is 6.20 Å². The van der Waals surface area contributed by atoms with Gasteiger partial charge >= 0.3 is 6.18 Å². The normalized spacial score (nSPS) is 15.3. The zero-order valence-corrected chi connectivity index (χ0v) is 13.2. The van der Waals surface area contributed by atoms with Crippen LogP contribution in [0.5, 0.6) is 0 Å².